The first-order chi connectivity index (χ1) is 33.1. The van der Waals surface area contributed by atoms with Crippen molar-refractivity contribution in [2.45, 2.75) is 119 Å². The van der Waals surface area contributed by atoms with Crippen LogP contribution in [0, 0.1) is 18.3 Å². The number of rotatable bonds is 12. The minimum atomic E-state index is -0.333. The van der Waals surface area contributed by atoms with E-state index in [0.717, 1.165) is 19.3 Å². The van der Waals surface area contributed by atoms with Crippen LogP contribution in [-0.4, -0.2) is 0 Å². The molecule has 0 bridgehead atoms. The Hall–Kier alpha value is -6.50. The zero-order chi connectivity index (χ0) is 48.9. The first-order valence-electron chi connectivity index (χ1n) is 25.5. The van der Waals surface area contributed by atoms with Gasteiger partial charge in [-0.05, 0) is 153 Å². The van der Waals surface area contributed by atoms with E-state index < -0.39 is 0 Å². The fourth-order valence-corrected chi connectivity index (χ4v) is 10.8. The highest BCUT2D eigenvalue weighted by atomic mass is 14.4. The number of hydrogen-bond acceptors (Lipinski definition) is 0. The first-order valence-corrected chi connectivity index (χ1v) is 25.5. The van der Waals surface area contributed by atoms with Crippen LogP contribution in [0.1, 0.15) is 139 Å². The van der Waals surface area contributed by atoms with Crippen molar-refractivity contribution in [3.05, 3.63) is 262 Å². The molecule has 0 fully saturated rings. The molecule has 0 amide bonds. The third-order valence-corrected chi connectivity index (χ3v) is 15.2. The molecule has 0 saturated heterocycles. The fraction of sp³-hybridized carbons (Fsp3) is 0.286. The van der Waals surface area contributed by atoms with Crippen LogP contribution >= 0.6 is 0 Å². The molecule has 358 valence electrons. The van der Waals surface area contributed by atoms with Gasteiger partial charge in [0.25, 0.3) is 0 Å². The highest BCUT2D eigenvalue weighted by Crippen LogP contribution is 2.50. The SMILES string of the molecule is C.C=C/C(=C\C=C(/C)C1(/C=C/C)C=C(Cc2ccc(-c3ccccc3)cc2)c2ccc(C(C)CCc3ccc4c(c3)C(C)(C)c3ccccc3-4)cc21)C(C)(C)C.Cc1ccccc1C1=CCC(C)C=C1. The van der Waals surface area contributed by atoms with Crippen molar-refractivity contribution in [2.24, 2.45) is 11.3 Å². The van der Waals surface area contributed by atoms with Crippen LogP contribution in [0.15, 0.2) is 212 Å². The number of allylic oxidation sites excluding steroid dienone is 13. The predicted octanol–water partition coefficient (Wildman–Crippen LogP) is 19.6. The summed E-state index contributed by atoms with van der Waals surface area (Å²) in [7, 11) is 0. The Balaban J connectivity index is 0.000000412. The highest BCUT2D eigenvalue weighted by Gasteiger charge is 2.38. The van der Waals surface area contributed by atoms with Crippen molar-refractivity contribution >= 4 is 11.1 Å². The van der Waals surface area contributed by atoms with E-state index in [1.807, 2.05) is 6.08 Å². The average molecular weight is 919 g/mol. The minimum Gasteiger partial charge on any atom is -0.0988 e. The van der Waals surface area contributed by atoms with E-state index in [9.17, 15) is 0 Å². The van der Waals surface area contributed by atoms with E-state index in [-0.39, 0.29) is 23.7 Å². The summed E-state index contributed by atoms with van der Waals surface area (Å²) < 4.78 is 0. The number of fused-ring (bicyclic) bond motifs is 4. The lowest BCUT2D eigenvalue weighted by Crippen LogP contribution is -2.21. The van der Waals surface area contributed by atoms with Gasteiger partial charge >= 0.3 is 0 Å². The molecular weight excluding hydrogens is 841 g/mol. The molecule has 0 heteroatoms. The van der Waals surface area contributed by atoms with Crippen molar-refractivity contribution in [3.8, 4) is 22.3 Å². The molecule has 6 aromatic carbocycles. The lowest BCUT2D eigenvalue weighted by Gasteiger charge is -2.28. The van der Waals surface area contributed by atoms with Crippen LogP contribution in [0.2, 0.25) is 0 Å². The van der Waals surface area contributed by atoms with Crippen molar-refractivity contribution in [1.29, 1.82) is 0 Å². The standard InChI is InChI=1S/C55H58.C14H16.CH4/c1-10-33-55(39(4)22-30-46(11-2)53(5,6)7)37-45(34-40-24-27-43(28-25-40)42-17-13-12-14-18-42)47-32-29-44(36-52(47)55)38(3)21-23-41-26-31-49-48-19-15-16-20-50(48)54(8,9)51(49)35-41;1-11-7-9-13(10-8-11)14-6-4-3-5-12(14)2;/h10-20,22,24-33,35-38H,2,21,23,34H2,1,3-9H3;3-7,9-11H,8H2,1-2H3;1H4/b33-10+,39-22+,46-30+;;. The van der Waals surface area contributed by atoms with E-state index in [0.29, 0.717) is 11.8 Å². The van der Waals surface area contributed by atoms with E-state index in [1.165, 1.54) is 101 Å². The second-order valence-electron chi connectivity index (χ2n) is 21.5. The summed E-state index contributed by atoms with van der Waals surface area (Å²) >= 11 is 0. The third-order valence-electron chi connectivity index (χ3n) is 15.2. The summed E-state index contributed by atoms with van der Waals surface area (Å²) in [5.74, 6) is 1.11. The molecule has 0 aromatic heterocycles. The molecule has 0 N–H and O–H groups in total. The molecule has 9 rings (SSSR count). The van der Waals surface area contributed by atoms with Crippen LogP contribution in [-0.2, 0) is 23.7 Å². The molecule has 3 atom stereocenters. The maximum Gasteiger partial charge on any atom is 0.0534 e. The van der Waals surface area contributed by atoms with Crippen LogP contribution in [0.4, 0.5) is 0 Å². The Kier molecular flexibility index (Phi) is 15.9. The highest BCUT2D eigenvalue weighted by molar-refractivity contribution is 5.83. The zero-order valence-corrected chi connectivity index (χ0v) is 43.2. The average Bonchev–Trinajstić information content (AvgIpc) is 3.78. The maximum absolute atomic E-state index is 4.16. The van der Waals surface area contributed by atoms with Gasteiger partial charge in [-0.2, -0.15) is 0 Å². The lowest BCUT2D eigenvalue weighted by molar-refractivity contribution is 0.517. The topological polar surface area (TPSA) is 0 Å². The number of benzene rings is 6. The molecule has 0 aliphatic heterocycles. The summed E-state index contributed by atoms with van der Waals surface area (Å²) in [6.07, 6.45) is 24.9. The summed E-state index contributed by atoms with van der Waals surface area (Å²) in [5, 5.41) is 0. The molecule has 0 nitrogen and oxygen atoms in total. The molecule has 0 saturated carbocycles. The smallest absolute Gasteiger partial charge is 0.0534 e. The molecule has 3 unspecified atom stereocenters. The molecule has 70 heavy (non-hydrogen) atoms. The maximum atomic E-state index is 4.16. The van der Waals surface area contributed by atoms with E-state index >= 15 is 0 Å². The predicted molar refractivity (Wildman–Crippen MR) is 308 cm³/mol. The Labute approximate surface area is 423 Å². The van der Waals surface area contributed by atoms with Gasteiger partial charge in [-0.1, -0.05) is 262 Å². The van der Waals surface area contributed by atoms with E-state index in [4.69, 9.17) is 0 Å². The zero-order valence-electron chi connectivity index (χ0n) is 43.2. The lowest BCUT2D eigenvalue weighted by atomic mass is 9.74. The molecule has 3 aliphatic carbocycles. The van der Waals surface area contributed by atoms with Gasteiger partial charge in [0.1, 0.15) is 0 Å². The Morgan fingerprint density at radius 3 is 2.04 bits per heavy atom. The van der Waals surface area contributed by atoms with Crippen LogP contribution in [0.25, 0.3) is 33.4 Å². The van der Waals surface area contributed by atoms with Gasteiger partial charge in [0, 0.05) is 5.41 Å². The van der Waals surface area contributed by atoms with Crippen LogP contribution < -0.4 is 0 Å². The third kappa shape index (κ3) is 10.8. The van der Waals surface area contributed by atoms with Gasteiger partial charge in [0.05, 0.1) is 5.41 Å². The Bertz CT molecular complexity index is 3000. The van der Waals surface area contributed by atoms with E-state index in [2.05, 4.69) is 264 Å². The molecule has 0 radical (unpaired) electrons. The first kappa shape index (κ1) is 51.4. The molecular formula is C70H78. The van der Waals surface area contributed by atoms with Gasteiger partial charge in [-0.15, -0.1) is 0 Å². The Morgan fingerprint density at radius 2 is 1.37 bits per heavy atom. The van der Waals surface area contributed by atoms with Crippen molar-refractivity contribution < 1.29 is 0 Å². The Morgan fingerprint density at radius 1 is 0.729 bits per heavy atom. The molecule has 6 aromatic rings. The summed E-state index contributed by atoms with van der Waals surface area (Å²) in [5.41, 5.74) is 22.9. The van der Waals surface area contributed by atoms with E-state index in [1.54, 1.807) is 0 Å². The normalized spacial score (nSPS) is 18.4. The second kappa shape index (κ2) is 21.6. The van der Waals surface area contributed by atoms with Crippen molar-refractivity contribution in [1.82, 2.24) is 0 Å². The van der Waals surface area contributed by atoms with Gasteiger partial charge < -0.3 is 0 Å². The van der Waals surface area contributed by atoms with Gasteiger partial charge in [0.15, 0.2) is 0 Å². The summed E-state index contributed by atoms with van der Waals surface area (Å²) in [6.45, 7) is 27.0. The number of hydrogen-bond donors (Lipinski definition) is 0. The van der Waals surface area contributed by atoms with Crippen molar-refractivity contribution in [2.75, 3.05) is 0 Å². The largest absolute Gasteiger partial charge is 0.0988 e. The van der Waals surface area contributed by atoms with Crippen molar-refractivity contribution in [3.63, 3.8) is 0 Å². The van der Waals surface area contributed by atoms with Gasteiger partial charge in [-0.3, -0.25) is 0 Å². The van der Waals surface area contributed by atoms with Gasteiger partial charge in [-0.25, -0.2) is 0 Å². The van der Waals surface area contributed by atoms with Gasteiger partial charge in [0.2, 0.25) is 0 Å². The van der Waals surface area contributed by atoms with Crippen LogP contribution in [0.3, 0.4) is 0 Å². The second-order valence-corrected chi connectivity index (χ2v) is 21.5. The minimum absolute atomic E-state index is 0. The molecule has 3 aliphatic rings. The monoisotopic (exact) mass is 919 g/mol. The molecule has 0 spiro atoms. The summed E-state index contributed by atoms with van der Waals surface area (Å²) in [4.78, 5) is 0. The summed E-state index contributed by atoms with van der Waals surface area (Å²) in [6, 6.07) is 51.9. The van der Waals surface area contributed by atoms with Crippen LogP contribution in [0.5, 0.6) is 0 Å². The molecule has 0 heterocycles. The fourth-order valence-electron chi connectivity index (χ4n) is 10.8. The quantitative estimate of drug-likeness (QED) is 0.0848. The number of aryl methyl sites for hydroxylation is 2.